The molecule has 23 nitrogen and oxygen atoms in total. The molecule has 2 rings (SSSR count). The number of aromatic nitrogens is 1. The van der Waals surface area contributed by atoms with E-state index in [1.54, 1.807) is 14.0 Å². The number of hydrogen-bond donors (Lipinski definition) is 9. The number of nitrogens with zero attached hydrogens (tertiary/aromatic N) is 3. The molecule has 0 bridgehead atoms. The Labute approximate surface area is 469 Å². The molecule has 1 aliphatic heterocycles. The number of likely N-dealkylation sites (N-methyl/N-ethyl adjacent to an activating group) is 1. The number of unbranched alkanes of at least 4 members (excludes halogenated alkanes) is 5. The Balaban J connectivity index is 2.30. The van der Waals surface area contributed by atoms with Crippen LogP contribution in [0.2, 0.25) is 0 Å². The number of aryl methyl sites for hydroxylation is 1. The van der Waals surface area contributed by atoms with Gasteiger partial charge in [0.2, 0.25) is 53.7 Å². The van der Waals surface area contributed by atoms with Crippen molar-refractivity contribution in [2.45, 2.75) is 227 Å². The molecule has 9 N–H and O–H groups in total. The van der Waals surface area contributed by atoms with E-state index in [2.05, 4.69) is 59.8 Å². The van der Waals surface area contributed by atoms with E-state index in [4.69, 9.17) is 4.42 Å². The number of rotatable bonds is 36. The van der Waals surface area contributed by atoms with Crippen LogP contribution >= 0.6 is 0 Å². The van der Waals surface area contributed by atoms with Gasteiger partial charge < -0.3 is 62.1 Å². The van der Waals surface area contributed by atoms with Crippen LogP contribution in [0.5, 0.6) is 0 Å². The maximum atomic E-state index is 14.6. The second kappa shape index (κ2) is 32.8. The Bertz CT molecular complexity index is 2190. The van der Waals surface area contributed by atoms with E-state index < -0.39 is 94.2 Å². The highest BCUT2D eigenvalue weighted by Gasteiger charge is 2.43. The summed E-state index contributed by atoms with van der Waals surface area (Å²) in [6.07, 6.45) is 8.39. The fourth-order valence-electron chi connectivity index (χ4n) is 9.10. The van der Waals surface area contributed by atoms with Crippen LogP contribution in [-0.4, -0.2) is 155 Å². The fourth-order valence-corrected chi connectivity index (χ4v) is 9.10. The van der Waals surface area contributed by atoms with Crippen LogP contribution in [0.15, 0.2) is 10.7 Å². The molecule has 79 heavy (non-hydrogen) atoms. The number of hydrogen-bond acceptors (Lipinski definition) is 13. The maximum Gasteiger partial charge on any atom is 0.277 e. The van der Waals surface area contributed by atoms with Crippen LogP contribution in [0.25, 0.3) is 0 Å². The highest BCUT2D eigenvalue weighted by atomic mass is 16.3. The number of likely N-dealkylation sites (tertiary alicyclic amines) is 1. The highest BCUT2D eigenvalue weighted by molar-refractivity contribution is 6.00. The third kappa shape index (κ3) is 23.2. The van der Waals surface area contributed by atoms with Crippen LogP contribution in [0, 0.1) is 24.7 Å². The average molecular weight is 1120 g/mol. The highest BCUT2D eigenvalue weighted by Crippen LogP contribution is 2.27. The van der Waals surface area contributed by atoms with Crippen molar-refractivity contribution in [2.24, 2.45) is 17.8 Å². The predicted molar refractivity (Wildman–Crippen MR) is 300 cm³/mol. The molecule has 0 spiro atoms. The minimum atomic E-state index is -1.65. The van der Waals surface area contributed by atoms with E-state index >= 15 is 0 Å². The summed E-state index contributed by atoms with van der Waals surface area (Å²) in [5.74, 6) is -5.31. The van der Waals surface area contributed by atoms with Crippen LogP contribution in [0.4, 0.5) is 0 Å². The van der Waals surface area contributed by atoms with E-state index in [1.165, 1.54) is 57.6 Å². The Morgan fingerprint density at radius 3 is 1.71 bits per heavy atom. The monoisotopic (exact) mass is 1110 g/mol. The number of oxazole rings is 1. The first-order valence-corrected chi connectivity index (χ1v) is 28.4. The van der Waals surface area contributed by atoms with Gasteiger partial charge in [-0.15, -0.1) is 0 Å². The third-order valence-corrected chi connectivity index (χ3v) is 13.6. The van der Waals surface area contributed by atoms with Crippen molar-refractivity contribution in [1.29, 1.82) is 0 Å². The summed E-state index contributed by atoms with van der Waals surface area (Å²) in [6.45, 7) is 25.1. The molecule has 0 aliphatic carbocycles. The lowest BCUT2D eigenvalue weighted by atomic mass is 9.96. The molecule has 1 fully saturated rings. The molecule has 0 unspecified atom stereocenters. The molecule has 2 heterocycles. The van der Waals surface area contributed by atoms with Gasteiger partial charge >= 0.3 is 0 Å². The molecular formula is C56H98N12O11. The lowest BCUT2D eigenvalue weighted by molar-refractivity contribution is -0.140. The largest absolute Gasteiger partial charge is 0.448 e. The van der Waals surface area contributed by atoms with Gasteiger partial charge in [-0.25, -0.2) is 4.98 Å². The van der Waals surface area contributed by atoms with Gasteiger partial charge in [0.25, 0.3) is 5.91 Å². The lowest BCUT2D eigenvalue weighted by Crippen LogP contribution is -2.65. The van der Waals surface area contributed by atoms with Gasteiger partial charge in [0.1, 0.15) is 53.2 Å². The minimum absolute atomic E-state index is 0.0321. The topological polar surface area (TPSA) is 311 Å². The second-order valence-corrected chi connectivity index (χ2v) is 23.8. The van der Waals surface area contributed by atoms with Gasteiger partial charge in [0.05, 0.1) is 0 Å². The number of carbonyl (C=O) groups excluding carboxylic acids is 10. The summed E-state index contributed by atoms with van der Waals surface area (Å²) in [5.41, 5.74) is -4.59. The second-order valence-electron chi connectivity index (χ2n) is 23.8. The molecule has 0 aromatic carbocycles. The van der Waals surface area contributed by atoms with Gasteiger partial charge in [-0.2, -0.15) is 0 Å². The zero-order valence-corrected chi connectivity index (χ0v) is 50.1. The van der Waals surface area contributed by atoms with Crippen LogP contribution in [0.1, 0.15) is 190 Å². The van der Waals surface area contributed by atoms with Crippen molar-refractivity contribution in [2.75, 3.05) is 33.2 Å². The molecule has 0 radical (unpaired) electrons. The van der Waals surface area contributed by atoms with E-state index in [0.717, 1.165) is 32.1 Å². The molecule has 10 amide bonds. The minimum Gasteiger partial charge on any atom is -0.448 e. The summed E-state index contributed by atoms with van der Waals surface area (Å²) in [4.78, 5) is 144. The first-order chi connectivity index (χ1) is 36.9. The van der Waals surface area contributed by atoms with Gasteiger partial charge in [0.15, 0.2) is 11.6 Å². The fraction of sp³-hybridized carbons (Fsp3) is 0.768. The summed E-state index contributed by atoms with van der Waals surface area (Å²) in [5, 5.41) is 25.0. The molecular weight excluding hydrogens is 1020 g/mol. The maximum absolute atomic E-state index is 14.6. The predicted octanol–water partition coefficient (Wildman–Crippen LogP) is 3.24. The number of carbonyl (C=O) groups is 10. The first-order valence-electron chi connectivity index (χ1n) is 28.4. The molecule has 5 atom stereocenters. The molecule has 23 heteroatoms. The Morgan fingerprint density at radius 2 is 1.19 bits per heavy atom. The van der Waals surface area contributed by atoms with Crippen molar-refractivity contribution in [3.8, 4) is 0 Å². The Morgan fingerprint density at radius 1 is 0.671 bits per heavy atom. The van der Waals surface area contributed by atoms with Crippen molar-refractivity contribution in [1.82, 2.24) is 62.6 Å². The molecule has 1 saturated heterocycles. The van der Waals surface area contributed by atoms with E-state index in [0.29, 0.717) is 51.2 Å². The van der Waals surface area contributed by atoms with Crippen LogP contribution in [-0.2, 0) is 43.2 Å². The van der Waals surface area contributed by atoms with Gasteiger partial charge in [0, 0.05) is 39.5 Å². The lowest BCUT2D eigenvalue weighted by Gasteiger charge is -2.38. The molecule has 0 saturated carbocycles. The number of nitrogens with one attached hydrogen (secondary N) is 9. The summed E-state index contributed by atoms with van der Waals surface area (Å²) < 4.78 is 5.30. The van der Waals surface area contributed by atoms with Crippen molar-refractivity contribution in [3.63, 3.8) is 0 Å². The quantitative estimate of drug-likeness (QED) is 0.0345. The standard InChI is InChI=1S/C56H98N12O11/c1-16-17-18-19-20-21-23-43(68(34-69)45-24-22-29-67(45)50(75)42-33-79-38(8)60-42)49(74)62-41(32-37(6)7)48(73)64-55(11,12)52(77)63-39(30-35(2)3)46(71)61-40(31-36(4)5)47(72)65-56(13,14)53(78)66-54(9,10)51(76)59-26-25-44(70)58-28-27-57-15/h33-37,39-41,43,45,57H,16-32H2,1-15H3,(H,58,70)(H,59,76)(H,61,71)(H,62,74)(H,63,77)(H,64,73)(H,65,72)(H,66,78)/t39-,40-,41-,43-,45+/m0/s1. The van der Waals surface area contributed by atoms with Crippen LogP contribution in [0.3, 0.4) is 0 Å². The number of amides is 10. The van der Waals surface area contributed by atoms with E-state index in [-0.39, 0.29) is 68.0 Å². The molecule has 1 aromatic rings. The van der Waals surface area contributed by atoms with E-state index in [9.17, 15) is 47.9 Å². The Kier molecular flexibility index (Phi) is 28.7. The summed E-state index contributed by atoms with van der Waals surface area (Å²) >= 11 is 0. The SMILES string of the molecule is CCCCCCCC[C@@H](C(=O)N[C@@H](CC(C)C)C(=O)NC(C)(C)C(=O)N[C@@H](CC(C)C)C(=O)N[C@@H](CC(C)C)C(=O)NC(C)(C)C(=O)NC(C)(C)C(=O)NCCC(=O)NCCNC)N(C=O)[C@@H]1CCCN1C(=O)c1coc(C)n1. The van der Waals surface area contributed by atoms with Crippen LogP contribution < -0.4 is 47.9 Å². The third-order valence-electron chi connectivity index (χ3n) is 13.6. The van der Waals surface area contributed by atoms with E-state index in [1.807, 2.05) is 41.5 Å². The van der Waals surface area contributed by atoms with Crippen molar-refractivity contribution >= 4 is 59.6 Å². The normalized spacial score (nSPS) is 15.4. The summed E-state index contributed by atoms with van der Waals surface area (Å²) in [6, 6.07) is -4.54. The molecule has 448 valence electrons. The van der Waals surface area contributed by atoms with Crippen molar-refractivity contribution in [3.05, 3.63) is 17.8 Å². The average Bonchev–Trinajstić information content (AvgIpc) is 4.03. The van der Waals surface area contributed by atoms with Gasteiger partial charge in [-0.3, -0.25) is 47.9 Å². The Hall–Kier alpha value is -6.13. The molecule has 1 aliphatic rings. The smallest absolute Gasteiger partial charge is 0.277 e. The zero-order chi connectivity index (χ0) is 59.8. The molecule has 1 aromatic heterocycles. The van der Waals surface area contributed by atoms with Gasteiger partial charge in [-0.1, -0.05) is 87.0 Å². The first kappa shape index (κ1) is 69.0. The zero-order valence-electron chi connectivity index (χ0n) is 50.1. The summed E-state index contributed by atoms with van der Waals surface area (Å²) in [7, 11) is 1.76. The van der Waals surface area contributed by atoms with Crippen molar-refractivity contribution < 1.29 is 52.4 Å². The van der Waals surface area contributed by atoms with Gasteiger partial charge in [-0.05, 0) is 105 Å².